The van der Waals surface area contributed by atoms with E-state index in [-0.39, 0.29) is 23.6 Å². The van der Waals surface area contributed by atoms with Gasteiger partial charge in [0.2, 0.25) is 5.91 Å². The minimum Gasteiger partial charge on any atom is -0.444 e. The quantitative estimate of drug-likeness (QED) is 0.579. The van der Waals surface area contributed by atoms with Gasteiger partial charge in [-0.1, -0.05) is 24.3 Å². The predicted molar refractivity (Wildman–Crippen MR) is 125 cm³/mol. The van der Waals surface area contributed by atoms with Crippen LogP contribution in [0.2, 0.25) is 0 Å². The van der Waals surface area contributed by atoms with Crippen LogP contribution in [0.25, 0.3) is 0 Å². The maximum atomic E-state index is 14.0. The molecule has 2 fully saturated rings. The van der Waals surface area contributed by atoms with Crippen molar-refractivity contribution in [2.24, 2.45) is 5.41 Å². The van der Waals surface area contributed by atoms with Crippen molar-refractivity contribution in [1.82, 2.24) is 9.80 Å². The molecule has 0 aromatic heterocycles. The standard InChI is InChI=1S/C27H32F2N2O3/c1-26(2,3)34-25(33)30-17-14-27(15-18-30)13-4-16-31(24(27)32)23(19-5-9-21(28)10-6-19)20-7-11-22(29)12-8-20/h5-12,23H,4,13-18H2,1-3H3. The Balaban J connectivity index is 1.58. The maximum Gasteiger partial charge on any atom is 0.410 e. The van der Waals surface area contributed by atoms with Crippen molar-refractivity contribution in [2.45, 2.75) is 58.1 Å². The summed E-state index contributed by atoms with van der Waals surface area (Å²) in [5, 5.41) is 0. The third-order valence-corrected chi connectivity index (χ3v) is 6.82. The van der Waals surface area contributed by atoms with Crippen LogP contribution in [0.1, 0.15) is 63.6 Å². The van der Waals surface area contributed by atoms with Crippen molar-refractivity contribution in [3.63, 3.8) is 0 Å². The predicted octanol–water partition coefficient (Wildman–Crippen LogP) is 5.69. The van der Waals surface area contributed by atoms with Crippen LogP contribution in [-0.2, 0) is 9.53 Å². The van der Waals surface area contributed by atoms with Crippen LogP contribution in [0.4, 0.5) is 13.6 Å². The summed E-state index contributed by atoms with van der Waals surface area (Å²) in [6, 6.07) is 11.8. The minimum absolute atomic E-state index is 0.0428. The molecule has 2 heterocycles. The van der Waals surface area contributed by atoms with Gasteiger partial charge in [0, 0.05) is 19.6 Å². The second-order valence-electron chi connectivity index (χ2n) is 10.4. The first kappa shape index (κ1) is 24.2. The number of hydrogen-bond acceptors (Lipinski definition) is 3. The van der Waals surface area contributed by atoms with E-state index in [0.717, 1.165) is 24.0 Å². The summed E-state index contributed by atoms with van der Waals surface area (Å²) in [5.74, 6) is -0.656. The molecule has 2 aromatic carbocycles. The van der Waals surface area contributed by atoms with E-state index in [1.54, 1.807) is 29.2 Å². The summed E-state index contributed by atoms with van der Waals surface area (Å²) in [4.78, 5) is 30.0. The number of carbonyl (C=O) groups is 2. The highest BCUT2D eigenvalue weighted by Gasteiger charge is 2.48. The first-order valence-corrected chi connectivity index (χ1v) is 11.9. The highest BCUT2D eigenvalue weighted by Crippen LogP contribution is 2.44. The fourth-order valence-electron chi connectivity index (χ4n) is 5.10. The summed E-state index contributed by atoms with van der Waals surface area (Å²) in [6.07, 6.45) is 2.39. The van der Waals surface area contributed by atoms with Gasteiger partial charge in [0.05, 0.1) is 11.5 Å². The van der Waals surface area contributed by atoms with Crippen molar-refractivity contribution < 1.29 is 23.1 Å². The first-order valence-electron chi connectivity index (χ1n) is 11.9. The lowest BCUT2D eigenvalue weighted by molar-refractivity contribution is -0.152. The summed E-state index contributed by atoms with van der Waals surface area (Å²) < 4.78 is 32.8. The topological polar surface area (TPSA) is 49.9 Å². The van der Waals surface area contributed by atoms with Gasteiger partial charge < -0.3 is 14.5 Å². The molecule has 0 aliphatic carbocycles. The number of benzene rings is 2. The Morgan fingerprint density at radius 2 is 1.38 bits per heavy atom. The fraction of sp³-hybridized carbons (Fsp3) is 0.481. The van der Waals surface area contributed by atoms with Gasteiger partial charge in [0.25, 0.3) is 0 Å². The average Bonchev–Trinajstić information content (AvgIpc) is 2.79. The molecular weight excluding hydrogens is 438 g/mol. The molecule has 0 N–H and O–H groups in total. The lowest BCUT2D eigenvalue weighted by Crippen LogP contribution is -2.55. The number of ether oxygens (including phenoxy) is 1. The number of rotatable bonds is 3. The van der Waals surface area contributed by atoms with Gasteiger partial charge in [-0.25, -0.2) is 13.6 Å². The van der Waals surface area contributed by atoms with Crippen molar-refractivity contribution in [3.8, 4) is 0 Å². The summed E-state index contributed by atoms with van der Waals surface area (Å²) in [5.41, 5.74) is 0.449. The van der Waals surface area contributed by atoms with Crippen molar-refractivity contribution in [2.75, 3.05) is 19.6 Å². The molecule has 0 bridgehead atoms. The Labute approximate surface area is 199 Å². The van der Waals surface area contributed by atoms with Crippen molar-refractivity contribution in [1.29, 1.82) is 0 Å². The molecule has 1 spiro atoms. The zero-order valence-corrected chi connectivity index (χ0v) is 20.0. The maximum absolute atomic E-state index is 14.0. The van der Waals surface area contributed by atoms with Crippen LogP contribution in [0.3, 0.4) is 0 Å². The largest absolute Gasteiger partial charge is 0.444 e. The number of likely N-dealkylation sites (tertiary alicyclic amines) is 2. The van der Waals surface area contributed by atoms with Gasteiger partial charge in [-0.15, -0.1) is 0 Å². The smallest absolute Gasteiger partial charge is 0.410 e. The van der Waals surface area contributed by atoms with E-state index < -0.39 is 17.1 Å². The first-order chi connectivity index (χ1) is 16.1. The summed E-state index contributed by atoms with van der Waals surface area (Å²) in [6.45, 7) is 7.01. The van der Waals surface area contributed by atoms with E-state index in [4.69, 9.17) is 4.74 Å². The van der Waals surface area contributed by atoms with E-state index in [0.29, 0.717) is 32.5 Å². The van der Waals surface area contributed by atoms with E-state index in [1.807, 2.05) is 25.7 Å². The monoisotopic (exact) mass is 470 g/mol. The highest BCUT2D eigenvalue weighted by molar-refractivity contribution is 5.85. The van der Waals surface area contributed by atoms with Crippen molar-refractivity contribution in [3.05, 3.63) is 71.3 Å². The second-order valence-corrected chi connectivity index (χ2v) is 10.4. The zero-order chi connectivity index (χ0) is 24.5. The van der Waals surface area contributed by atoms with E-state index >= 15 is 0 Å². The Kier molecular flexibility index (Phi) is 6.65. The molecule has 2 aliphatic rings. The van der Waals surface area contributed by atoms with E-state index in [2.05, 4.69) is 0 Å². The molecule has 2 aromatic rings. The Morgan fingerprint density at radius 1 is 0.882 bits per heavy atom. The van der Waals surface area contributed by atoms with Gasteiger partial charge in [0.1, 0.15) is 17.2 Å². The lowest BCUT2D eigenvalue weighted by Gasteiger charge is -2.48. The number of nitrogens with zero attached hydrogens (tertiary/aromatic N) is 2. The van der Waals surface area contributed by atoms with Crippen LogP contribution >= 0.6 is 0 Å². The van der Waals surface area contributed by atoms with Crippen LogP contribution in [0.5, 0.6) is 0 Å². The summed E-state index contributed by atoms with van der Waals surface area (Å²) >= 11 is 0. The molecule has 0 unspecified atom stereocenters. The Bertz CT molecular complexity index is 978. The second kappa shape index (κ2) is 9.35. The number of piperidine rings is 2. The zero-order valence-electron chi connectivity index (χ0n) is 20.0. The van der Waals surface area contributed by atoms with Crippen LogP contribution < -0.4 is 0 Å². The highest BCUT2D eigenvalue weighted by atomic mass is 19.1. The molecule has 2 amide bonds. The van der Waals surface area contributed by atoms with Crippen molar-refractivity contribution >= 4 is 12.0 Å². The summed E-state index contributed by atoms with van der Waals surface area (Å²) in [7, 11) is 0. The van der Waals surface area contributed by atoms with Crippen LogP contribution in [-0.4, -0.2) is 47.0 Å². The SMILES string of the molecule is CC(C)(C)OC(=O)N1CCC2(CCCN(C(c3ccc(F)cc3)c3ccc(F)cc3)C2=O)CC1. The average molecular weight is 471 g/mol. The molecule has 2 saturated heterocycles. The lowest BCUT2D eigenvalue weighted by atomic mass is 9.71. The third-order valence-electron chi connectivity index (χ3n) is 6.82. The molecular formula is C27H32F2N2O3. The van der Waals surface area contributed by atoms with E-state index in [1.165, 1.54) is 24.3 Å². The molecule has 0 atom stereocenters. The Morgan fingerprint density at radius 3 is 1.85 bits per heavy atom. The Hall–Kier alpha value is -2.96. The van der Waals surface area contributed by atoms with Gasteiger partial charge >= 0.3 is 6.09 Å². The van der Waals surface area contributed by atoms with Gasteiger partial charge in [-0.2, -0.15) is 0 Å². The van der Waals surface area contributed by atoms with Crippen LogP contribution in [0.15, 0.2) is 48.5 Å². The molecule has 182 valence electrons. The third kappa shape index (κ3) is 5.08. The molecule has 2 aliphatic heterocycles. The minimum atomic E-state index is -0.568. The van der Waals surface area contributed by atoms with Gasteiger partial charge in [-0.3, -0.25) is 4.79 Å². The van der Waals surface area contributed by atoms with Gasteiger partial charge in [-0.05, 0) is 81.8 Å². The number of hydrogen-bond donors (Lipinski definition) is 0. The molecule has 5 nitrogen and oxygen atoms in total. The van der Waals surface area contributed by atoms with Gasteiger partial charge in [0.15, 0.2) is 0 Å². The normalized spacial score (nSPS) is 18.5. The number of carbonyl (C=O) groups excluding carboxylic acids is 2. The molecule has 0 radical (unpaired) electrons. The molecule has 7 heteroatoms. The number of amides is 2. The fourth-order valence-corrected chi connectivity index (χ4v) is 5.10. The molecule has 0 saturated carbocycles. The molecule has 34 heavy (non-hydrogen) atoms. The van der Waals surface area contributed by atoms with Crippen LogP contribution in [0, 0.1) is 17.0 Å². The van der Waals surface area contributed by atoms with E-state index in [9.17, 15) is 18.4 Å². The number of halogens is 2. The molecule has 4 rings (SSSR count).